The van der Waals surface area contributed by atoms with Crippen molar-refractivity contribution >= 4 is 11.8 Å². The smallest absolute Gasteiger partial charge is 0.242 e. The highest BCUT2D eigenvalue weighted by atomic mass is 16.5. The normalized spacial score (nSPS) is 11.4. The van der Waals surface area contributed by atoms with E-state index in [1.807, 2.05) is 55.5 Å². The van der Waals surface area contributed by atoms with Crippen molar-refractivity contribution < 1.29 is 23.8 Å². The number of hydrogen-bond acceptors (Lipinski definition) is 5. The van der Waals surface area contributed by atoms with Gasteiger partial charge in [0.2, 0.25) is 11.8 Å². The van der Waals surface area contributed by atoms with Gasteiger partial charge < -0.3 is 24.4 Å². The van der Waals surface area contributed by atoms with Gasteiger partial charge in [0.1, 0.15) is 23.3 Å². The van der Waals surface area contributed by atoms with Crippen molar-refractivity contribution in [2.75, 3.05) is 27.4 Å². The van der Waals surface area contributed by atoms with Crippen LogP contribution in [0.25, 0.3) is 0 Å². The fraction of sp³-hybridized carbons (Fsp3) is 0.481. The predicted octanol–water partition coefficient (Wildman–Crippen LogP) is 4.59. The third-order valence-corrected chi connectivity index (χ3v) is 5.57. The minimum Gasteiger partial charge on any atom is -0.497 e. The molecule has 0 saturated carbocycles. The third kappa shape index (κ3) is 8.61. The number of methoxy groups -OCH3 is 2. The molecule has 186 valence electrons. The molecule has 2 amide bonds. The van der Waals surface area contributed by atoms with E-state index in [2.05, 4.69) is 12.2 Å². The first-order valence-corrected chi connectivity index (χ1v) is 12.0. The van der Waals surface area contributed by atoms with E-state index in [4.69, 9.17) is 14.2 Å². The summed E-state index contributed by atoms with van der Waals surface area (Å²) < 4.78 is 16.2. The second kappa shape index (κ2) is 14.8. The molecule has 0 radical (unpaired) electrons. The number of rotatable bonds is 15. The Morgan fingerprint density at radius 1 is 0.941 bits per heavy atom. The average Bonchev–Trinajstić information content (AvgIpc) is 2.87. The Bertz CT molecular complexity index is 885. The molecule has 0 aromatic heterocycles. The Morgan fingerprint density at radius 2 is 1.65 bits per heavy atom. The Hall–Kier alpha value is -3.22. The molecule has 34 heavy (non-hydrogen) atoms. The number of ether oxygens (including phenoxy) is 3. The monoisotopic (exact) mass is 470 g/mol. The van der Waals surface area contributed by atoms with E-state index in [0.717, 1.165) is 35.7 Å². The molecule has 0 aliphatic carbocycles. The lowest BCUT2D eigenvalue weighted by atomic mass is 10.1. The first-order valence-electron chi connectivity index (χ1n) is 12.0. The zero-order chi connectivity index (χ0) is 24.8. The standard InChI is InChI=1S/C27H38N2O5/c1-5-7-17-28-27(31)25(6-2)29(20-21-10-8-11-24(19-21)33-4)26(30)12-9-18-34-23-15-13-22(32-3)14-16-23/h8,10-11,13-16,19,25H,5-7,9,12,17-18,20H2,1-4H3,(H,28,31)/t25-/m1/s1. The van der Waals surface area contributed by atoms with Crippen LogP contribution in [0.5, 0.6) is 17.2 Å². The number of nitrogens with one attached hydrogen (secondary N) is 1. The summed E-state index contributed by atoms with van der Waals surface area (Å²) in [7, 11) is 3.23. The van der Waals surface area contributed by atoms with Crippen LogP contribution < -0.4 is 19.5 Å². The number of unbranched alkanes of at least 4 members (excludes halogenated alkanes) is 1. The number of nitrogens with zero attached hydrogens (tertiary/aromatic N) is 1. The van der Waals surface area contributed by atoms with Gasteiger partial charge in [0.15, 0.2) is 0 Å². The fourth-order valence-electron chi connectivity index (χ4n) is 3.62. The molecule has 1 atom stereocenters. The lowest BCUT2D eigenvalue weighted by Crippen LogP contribution is -2.49. The van der Waals surface area contributed by atoms with Crippen LogP contribution in [0.15, 0.2) is 48.5 Å². The minimum atomic E-state index is -0.530. The van der Waals surface area contributed by atoms with Crippen molar-refractivity contribution in [2.45, 2.75) is 58.5 Å². The molecule has 7 heteroatoms. The van der Waals surface area contributed by atoms with Crippen molar-refractivity contribution in [1.29, 1.82) is 0 Å². The van der Waals surface area contributed by atoms with Crippen molar-refractivity contribution in [1.82, 2.24) is 10.2 Å². The molecule has 0 spiro atoms. The first-order chi connectivity index (χ1) is 16.5. The highest BCUT2D eigenvalue weighted by molar-refractivity contribution is 5.87. The molecular formula is C27H38N2O5. The van der Waals surface area contributed by atoms with Crippen molar-refractivity contribution in [3.63, 3.8) is 0 Å². The molecule has 0 aliphatic heterocycles. The lowest BCUT2D eigenvalue weighted by molar-refractivity contribution is -0.141. The summed E-state index contributed by atoms with van der Waals surface area (Å²) in [4.78, 5) is 27.9. The molecule has 2 rings (SSSR count). The third-order valence-electron chi connectivity index (χ3n) is 5.57. The zero-order valence-electron chi connectivity index (χ0n) is 20.8. The van der Waals surface area contributed by atoms with Crippen molar-refractivity contribution in [3.8, 4) is 17.2 Å². The maximum absolute atomic E-state index is 13.3. The number of amides is 2. The van der Waals surface area contributed by atoms with Gasteiger partial charge in [-0.15, -0.1) is 0 Å². The molecule has 7 nitrogen and oxygen atoms in total. The van der Waals surface area contributed by atoms with Crippen LogP contribution in [0.1, 0.15) is 51.5 Å². The largest absolute Gasteiger partial charge is 0.497 e. The van der Waals surface area contributed by atoms with Gasteiger partial charge in [-0.25, -0.2) is 0 Å². The Balaban J connectivity index is 2.04. The van der Waals surface area contributed by atoms with Crippen LogP contribution in [0, 0.1) is 0 Å². The molecule has 0 saturated heterocycles. The van der Waals surface area contributed by atoms with E-state index in [0.29, 0.717) is 39.0 Å². The highest BCUT2D eigenvalue weighted by Crippen LogP contribution is 2.20. The van der Waals surface area contributed by atoms with Crippen molar-refractivity contribution in [3.05, 3.63) is 54.1 Å². The van der Waals surface area contributed by atoms with Crippen LogP contribution in [-0.2, 0) is 16.1 Å². The molecule has 0 unspecified atom stereocenters. The summed E-state index contributed by atoms with van der Waals surface area (Å²) in [5, 5.41) is 2.98. The van der Waals surface area contributed by atoms with Gasteiger partial charge >= 0.3 is 0 Å². The Morgan fingerprint density at radius 3 is 2.29 bits per heavy atom. The lowest BCUT2D eigenvalue weighted by Gasteiger charge is -2.31. The van der Waals surface area contributed by atoms with Crippen LogP contribution in [0.2, 0.25) is 0 Å². The second-order valence-electron chi connectivity index (χ2n) is 8.07. The fourth-order valence-corrected chi connectivity index (χ4v) is 3.62. The Kier molecular flexibility index (Phi) is 11.8. The SMILES string of the molecule is CCCCNC(=O)[C@@H](CC)N(Cc1cccc(OC)c1)C(=O)CCCOc1ccc(OC)cc1. The summed E-state index contributed by atoms with van der Waals surface area (Å²) in [6.45, 7) is 5.38. The Labute approximate surface area is 203 Å². The van der Waals surface area contributed by atoms with Crippen LogP contribution in [0.4, 0.5) is 0 Å². The summed E-state index contributed by atoms with van der Waals surface area (Å²) in [6.07, 6.45) is 3.29. The van der Waals surface area contributed by atoms with Gasteiger partial charge in [-0.1, -0.05) is 32.4 Å². The molecule has 0 fully saturated rings. The molecule has 0 bridgehead atoms. The van der Waals surface area contributed by atoms with Crippen LogP contribution in [0.3, 0.4) is 0 Å². The molecule has 2 aromatic carbocycles. The average molecular weight is 471 g/mol. The van der Waals surface area contributed by atoms with Crippen LogP contribution in [-0.4, -0.2) is 50.1 Å². The number of benzene rings is 2. The summed E-state index contributed by atoms with van der Waals surface area (Å²) in [6, 6.07) is 14.4. The highest BCUT2D eigenvalue weighted by Gasteiger charge is 2.28. The topological polar surface area (TPSA) is 77.1 Å². The van der Waals surface area contributed by atoms with Crippen molar-refractivity contribution in [2.24, 2.45) is 0 Å². The molecule has 2 aromatic rings. The summed E-state index contributed by atoms with van der Waals surface area (Å²) in [5.41, 5.74) is 0.919. The van der Waals surface area contributed by atoms with Crippen LogP contribution >= 0.6 is 0 Å². The van der Waals surface area contributed by atoms with E-state index < -0.39 is 6.04 Å². The number of hydrogen-bond donors (Lipinski definition) is 1. The second-order valence-corrected chi connectivity index (χ2v) is 8.07. The number of carbonyl (C=O) groups is 2. The van der Waals surface area contributed by atoms with E-state index in [1.165, 1.54) is 0 Å². The summed E-state index contributed by atoms with van der Waals surface area (Å²) >= 11 is 0. The van der Waals surface area contributed by atoms with Gasteiger partial charge in [-0.3, -0.25) is 9.59 Å². The molecule has 1 N–H and O–H groups in total. The maximum Gasteiger partial charge on any atom is 0.242 e. The van der Waals surface area contributed by atoms with E-state index in [1.54, 1.807) is 19.1 Å². The van der Waals surface area contributed by atoms with Gasteiger partial charge in [0, 0.05) is 19.5 Å². The zero-order valence-corrected chi connectivity index (χ0v) is 20.8. The van der Waals surface area contributed by atoms with Gasteiger partial charge in [-0.05, 0) is 61.2 Å². The van der Waals surface area contributed by atoms with Gasteiger partial charge in [0.05, 0.1) is 20.8 Å². The van der Waals surface area contributed by atoms with Gasteiger partial charge in [-0.2, -0.15) is 0 Å². The number of carbonyl (C=O) groups excluding carboxylic acids is 2. The van der Waals surface area contributed by atoms with E-state index >= 15 is 0 Å². The van der Waals surface area contributed by atoms with E-state index in [9.17, 15) is 9.59 Å². The predicted molar refractivity (Wildman–Crippen MR) is 133 cm³/mol. The maximum atomic E-state index is 13.3. The summed E-state index contributed by atoms with van der Waals surface area (Å²) in [5.74, 6) is 2.03. The molecule has 0 heterocycles. The molecular weight excluding hydrogens is 432 g/mol. The van der Waals surface area contributed by atoms with Gasteiger partial charge in [0.25, 0.3) is 0 Å². The van der Waals surface area contributed by atoms with E-state index in [-0.39, 0.29) is 11.8 Å². The quantitative estimate of drug-likeness (QED) is 0.386. The minimum absolute atomic E-state index is 0.0707. The molecule has 0 aliphatic rings. The first kappa shape index (κ1) is 27.0.